The van der Waals surface area contributed by atoms with E-state index in [0.717, 1.165) is 37.9 Å². The summed E-state index contributed by atoms with van der Waals surface area (Å²) in [4.78, 5) is 31.5. The number of rotatable bonds is 11. The molecule has 0 spiro atoms. The van der Waals surface area contributed by atoms with Crippen LogP contribution in [-0.4, -0.2) is 80.0 Å². The molecule has 1 saturated heterocycles. The number of hydrogen-bond donors (Lipinski definition) is 0. The Morgan fingerprint density at radius 2 is 1.66 bits per heavy atom. The van der Waals surface area contributed by atoms with Crippen LogP contribution in [-0.2, 0) is 11.3 Å². The lowest BCUT2D eigenvalue weighted by Gasteiger charge is -2.27. The maximum atomic E-state index is 13.4. The first kappa shape index (κ1) is 26.5. The minimum absolute atomic E-state index is 0.0403. The number of carbonyl (C=O) groups is 2. The Morgan fingerprint density at radius 3 is 2.31 bits per heavy atom. The van der Waals surface area contributed by atoms with Gasteiger partial charge in [-0.2, -0.15) is 0 Å². The van der Waals surface area contributed by atoms with Gasteiger partial charge in [-0.15, -0.1) is 0 Å². The molecule has 35 heavy (non-hydrogen) atoms. The molecule has 7 nitrogen and oxygen atoms in total. The summed E-state index contributed by atoms with van der Waals surface area (Å²) in [5.41, 5.74) is 1.31. The van der Waals surface area contributed by atoms with Gasteiger partial charge in [0.1, 0.15) is 5.82 Å². The van der Waals surface area contributed by atoms with Crippen LogP contribution in [0.5, 0.6) is 11.5 Å². The first-order valence-corrected chi connectivity index (χ1v) is 12.2. The Kier molecular flexibility index (Phi) is 9.90. The zero-order valence-electron chi connectivity index (χ0n) is 21.0. The largest absolute Gasteiger partial charge is 0.490 e. The van der Waals surface area contributed by atoms with Crippen molar-refractivity contribution in [2.45, 2.75) is 32.7 Å². The summed E-state index contributed by atoms with van der Waals surface area (Å²) >= 11 is 0. The molecule has 3 rings (SSSR count). The maximum absolute atomic E-state index is 13.4. The summed E-state index contributed by atoms with van der Waals surface area (Å²) in [6.45, 7) is 5.28. The van der Waals surface area contributed by atoms with Gasteiger partial charge in [0.25, 0.3) is 11.8 Å². The molecule has 0 unspecified atom stereocenters. The van der Waals surface area contributed by atoms with E-state index in [1.165, 1.54) is 12.1 Å². The average Bonchev–Trinajstić information content (AvgIpc) is 2.87. The molecule has 0 radical (unpaired) electrons. The highest BCUT2D eigenvalue weighted by Crippen LogP contribution is 2.29. The molecule has 0 saturated carbocycles. The average molecular weight is 486 g/mol. The van der Waals surface area contributed by atoms with Crippen molar-refractivity contribution in [1.29, 1.82) is 0 Å². The molecule has 0 atom stereocenters. The van der Waals surface area contributed by atoms with E-state index in [2.05, 4.69) is 0 Å². The van der Waals surface area contributed by atoms with Gasteiger partial charge >= 0.3 is 0 Å². The highest BCUT2D eigenvalue weighted by atomic mass is 19.1. The number of nitrogens with zero attached hydrogens (tertiary/aromatic N) is 3. The number of piperidine rings is 1. The molecule has 0 bridgehead atoms. The molecule has 1 fully saturated rings. The summed E-state index contributed by atoms with van der Waals surface area (Å²) in [7, 11) is 3.90. The van der Waals surface area contributed by atoms with Gasteiger partial charge in [-0.25, -0.2) is 4.39 Å². The van der Waals surface area contributed by atoms with E-state index in [9.17, 15) is 14.0 Å². The van der Waals surface area contributed by atoms with Crippen LogP contribution < -0.4 is 9.47 Å². The lowest BCUT2D eigenvalue weighted by Crippen LogP contribution is -2.38. The van der Waals surface area contributed by atoms with E-state index in [4.69, 9.17) is 9.47 Å². The van der Waals surface area contributed by atoms with Crippen LogP contribution in [0, 0.1) is 5.82 Å². The van der Waals surface area contributed by atoms with Gasteiger partial charge in [-0.1, -0.05) is 12.1 Å². The second kappa shape index (κ2) is 13.1. The van der Waals surface area contributed by atoms with Crippen molar-refractivity contribution < 1.29 is 23.5 Å². The van der Waals surface area contributed by atoms with Crippen molar-refractivity contribution in [2.75, 3.05) is 53.5 Å². The normalized spacial score (nSPS) is 13.6. The fourth-order valence-corrected chi connectivity index (χ4v) is 3.97. The number of hydrogen-bond acceptors (Lipinski definition) is 5. The van der Waals surface area contributed by atoms with E-state index in [-0.39, 0.29) is 24.2 Å². The number of ether oxygens (including phenoxy) is 2. The summed E-state index contributed by atoms with van der Waals surface area (Å²) in [5.74, 6) is 0.358. The number of halogens is 1. The summed E-state index contributed by atoms with van der Waals surface area (Å²) in [6, 6.07) is 11.2. The molecule has 0 N–H and O–H groups in total. The van der Waals surface area contributed by atoms with Gasteiger partial charge in [-0.3, -0.25) is 9.59 Å². The SMILES string of the molecule is CCOc1cc(C(=O)N(CCN(C)C)Cc2ccc(F)cc2)ccc1OCC(=O)N1CCCCC1. The molecule has 1 aliphatic rings. The molecule has 1 aliphatic heterocycles. The van der Waals surface area contributed by atoms with Crippen LogP contribution in [0.1, 0.15) is 42.1 Å². The van der Waals surface area contributed by atoms with Crippen molar-refractivity contribution in [2.24, 2.45) is 0 Å². The summed E-state index contributed by atoms with van der Waals surface area (Å²) in [5, 5.41) is 0. The van der Waals surface area contributed by atoms with E-state index in [0.29, 0.717) is 43.3 Å². The van der Waals surface area contributed by atoms with Gasteiger partial charge in [0.05, 0.1) is 6.61 Å². The molecular formula is C27H36FN3O4. The van der Waals surface area contributed by atoms with Gasteiger partial charge in [0.15, 0.2) is 18.1 Å². The first-order valence-electron chi connectivity index (χ1n) is 12.2. The lowest BCUT2D eigenvalue weighted by molar-refractivity contribution is -0.134. The van der Waals surface area contributed by atoms with E-state index in [1.54, 1.807) is 35.2 Å². The smallest absolute Gasteiger partial charge is 0.260 e. The Labute approximate surface area is 207 Å². The summed E-state index contributed by atoms with van der Waals surface area (Å²) < 4.78 is 24.9. The van der Waals surface area contributed by atoms with Crippen molar-refractivity contribution in [3.05, 3.63) is 59.4 Å². The fourth-order valence-electron chi connectivity index (χ4n) is 3.97. The number of amides is 2. The number of likely N-dealkylation sites (N-methyl/N-ethyl adjacent to an activating group) is 1. The second-order valence-corrected chi connectivity index (χ2v) is 8.98. The predicted octanol–water partition coefficient (Wildman–Crippen LogP) is 3.82. The molecule has 0 aromatic heterocycles. The molecule has 8 heteroatoms. The minimum atomic E-state index is -0.310. The van der Waals surface area contributed by atoms with Crippen LogP contribution >= 0.6 is 0 Å². The van der Waals surface area contributed by atoms with Gasteiger partial charge in [0.2, 0.25) is 0 Å². The Morgan fingerprint density at radius 1 is 0.943 bits per heavy atom. The third-order valence-electron chi connectivity index (χ3n) is 5.94. The van der Waals surface area contributed by atoms with Crippen molar-refractivity contribution in [3.63, 3.8) is 0 Å². The fraction of sp³-hybridized carbons (Fsp3) is 0.481. The van der Waals surface area contributed by atoms with Crippen LogP contribution in [0.2, 0.25) is 0 Å². The van der Waals surface area contributed by atoms with Crippen LogP contribution in [0.25, 0.3) is 0 Å². The topological polar surface area (TPSA) is 62.3 Å². The van der Waals surface area contributed by atoms with Crippen molar-refractivity contribution in [3.8, 4) is 11.5 Å². The van der Waals surface area contributed by atoms with Crippen molar-refractivity contribution in [1.82, 2.24) is 14.7 Å². The van der Waals surface area contributed by atoms with Gasteiger partial charge < -0.3 is 24.2 Å². The third kappa shape index (κ3) is 7.96. The van der Waals surface area contributed by atoms with Crippen LogP contribution in [0.4, 0.5) is 4.39 Å². The lowest BCUT2D eigenvalue weighted by atomic mass is 10.1. The predicted molar refractivity (Wildman–Crippen MR) is 133 cm³/mol. The van der Waals surface area contributed by atoms with E-state index < -0.39 is 0 Å². The second-order valence-electron chi connectivity index (χ2n) is 8.98. The molecule has 190 valence electrons. The highest BCUT2D eigenvalue weighted by Gasteiger charge is 2.21. The molecule has 2 aromatic rings. The van der Waals surface area contributed by atoms with E-state index in [1.807, 2.05) is 30.8 Å². The zero-order valence-corrected chi connectivity index (χ0v) is 21.0. The van der Waals surface area contributed by atoms with Crippen LogP contribution in [0.15, 0.2) is 42.5 Å². The number of benzene rings is 2. The third-order valence-corrected chi connectivity index (χ3v) is 5.94. The van der Waals surface area contributed by atoms with Crippen molar-refractivity contribution >= 4 is 11.8 Å². The van der Waals surface area contributed by atoms with Crippen LogP contribution in [0.3, 0.4) is 0 Å². The monoisotopic (exact) mass is 485 g/mol. The Balaban J connectivity index is 1.74. The van der Waals surface area contributed by atoms with E-state index >= 15 is 0 Å². The molecule has 2 amide bonds. The standard InChI is InChI=1S/C27H36FN3O4/c1-4-34-25-18-22(10-13-24(25)35-20-26(32)30-14-6-5-7-15-30)27(33)31(17-16-29(2)3)19-21-8-11-23(28)12-9-21/h8-13,18H,4-7,14-17,19-20H2,1-3H3. The Hall–Kier alpha value is -3.13. The first-order chi connectivity index (χ1) is 16.9. The highest BCUT2D eigenvalue weighted by molar-refractivity contribution is 5.95. The molecule has 0 aliphatic carbocycles. The van der Waals surface area contributed by atoms with Gasteiger partial charge in [-0.05, 0) is 76.2 Å². The molecule has 1 heterocycles. The number of carbonyl (C=O) groups excluding carboxylic acids is 2. The Bertz CT molecular complexity index is 975. The zero-order chi connectivity index (χ0) is 25.2. The minimum Gasteiger partial charge on any atom is -0.490 e. The molecule has 2 aromatic carbocycles. The number of likely N-dealkylation sites (tertiary alicyclic amines) is 1. The summed E-state index contributed by atoms with van der Waals surface area (Å²) in [6.07, 6.45) is 3.20. The quantitative estimate of drug-likeness (QED) is 0.484. The maximum Gasteiger partial charge on any atom is 0.260 e. The molecular weight excluding hydrogens is 449 g/mol. The van der Waals surface area contributed by atoms with Gasteiger partial charge in [0, 0.05) is 38.3 Å².